The molecule has 550 valence electrons. The minimum absolute atomic E-state index is 0.00360. The fraction of sp³-hybridized carbons (Fsp3) is 0.429. The number of carbonyl (C=O) groups is 12. The molecule has 31 nitrogen and oxygen atoms in total. The average molecular weight is 1460 g/mol. The number of ketones is 2. The van der Waals surface area contributed by atoms with E-state index >= 15 is 0 Å². The minimum atomic E-state index is -4.03. The van der Waals surface area contributed by atoms with Crippen LogP contribution in [0.25, 0.3) is 0 Å². The molecule has 0 radical (unpaired) electrons. The predicted molar refractivity (Wildman–Crippen MR) is 373 cm³/mol. The summed E-state index contributed by atoms with van der Waals surface area (Å²) in [5.74, 6) is -5.07. The van der Waals surface area contributed by atoms with E-state index in [0.717, 1.165) is 37.4 Å². The van der Waals surface area contributed by atoms with E-state index < -0.39 is 85.7 Å². The molecule has 0 bridgehead atoms. The fourth-order valence-corrected chi connectivity index (χ4v) is 15.8. The maximum absolute atomic E-state index is 12.7. The van der Waals surface area contributed by atoms with Crippen LogP contribution >= 0.6 is 0 Å². The number of Topliss-reactive ketones (excluding diaryl/α,β-unsaturated/α-hetero) is 2. The van der Waals surface area contributed by atoms with Gasteiger partial charge in [-0.25, -0.2) is 35.4 Å². The van der Waals surface area contributed by atoms with Crippen LogP contribution in [-0.2, 0) is 69.7 Å². The van der Waals surface area contributed by atoms with Gasteiger partial charge in [0.2, 0.25) is 29.5 Å². The molecule has 103 heavy (non-hydrogen) atoms. The zero-order valence-electron chi connectivity index (χ0n) is 58.8. The van der Waals surface area contributed by atoms with Crippen molar-refractivity contribution >= 4 is 96.4 Å². The normalized spacial score (nSPS) is 22.1. The minimum Gasteiger partial charge on any atom is -0.369 e. The number of aromatic nitrogens is 4. The van der Waals surface area contributed by atoms with Crippen LogP contribution in [0.5, 0.6) is 0 Å². The Morgan fingerprint density at radius 3 is 1.30 bits per heavy atom. The zero-order chi connectivity index (χ0) is 75.9. The first-order chi connectivity index (χ1) is 49.0. The van der Waals surface area contributed by atoms with Crippen molar-refractivity contribution in [2.75, 3.05) is 38.1 Å². The second-order valence-corrected chi connectivity index (χ2v) is 27.7. The lowest BCUT2D eigenvalue weighted by Gasteiger charge is -2.34. The number of nitrogens with zero attached hydrogens (tertiary/aromatic N) is 9. The van der Waals surface area contributed by atoms with Gasteiger partial charge in [0.05, 0.1) is 36.2 Å². The summed E-state index contributed by atoms with van der Waals surface area (Å²) in [7, 11) is -5.95. The number of piperazine rings is 1. The Morgan fingerprint density at radius 1 is 0.456 bits per heavy atom. The van der Waals surface area contributed by atoms with Crippen molar-refractivity contribution in [3.8, 4) is 0 Å². The van der Waals surface area contributed by atoms with E-state index in [9.17, 15) is 84.0 Å². The standard InChI is InChI=1S/C18H22N4O3.2C12H10N2O5S.C11H13N3O2.C11H12N2O3.3C2H6/c1-20-6-8-21(9-7-20)13-2-3-14-12(10-13)11-22(18(14)25)15-4-5-16(23)19-17(15)24;2*15-10-6-5-8(11(16)13-10)14-12(17)7-3-1-2-4-9(7)20(14,18)19;1-7-3-4-9(11(16)13-7)14-6-12-8(2)5-10(14)15;1-7-4-11(16)13(6-12-7)9-3-2-8(14)5-10(9)15;3*1-2/h2-3,10,15H,4-9,11H2,1H3,(H,19,23,24);2*1-4,8H,5-6H2,(H,13,15,16);5-6,9H,1,3-4H2,2H3,(H,13,16);4,6,9H,2-3,5H2,1H3;3*1-2H3. The number of amides is 10. The lowest BCUT2D eigenvalue weighted by atomic mass is 9.93. The summed E-state index contributed by atoms with van der Waals surface area (Å²) < 4.78 is 53.3. The molecular formula is C70H85N13O18S2. The summed E-state index contributed by atoms with van der Waals surface area (Å²) in [5.41, 5.74) is 4.42. The molecule has 5 atom stereocenters. The van der Waals surface area contributed by atoms with Crippen LogP contribution in [0.4, 0.5) is 5.69 Å². The number of rotatable bonds is 6. The van der Waals surface area contributed by atoms with E-state index in [1.54, 1.807) is 30.9 Å². The van der Waals surface area contributed by atoms with Crippen molar-refractivity contribution in [1.82, 2.24) is 58.8 Å². The molecule has 9 aliphatic rings. The molecule has 4 N–H and O–H groups in total. The Labute approximate surface area is 595 Å². The second kappa shape index (κ2) is 34.9. The summed E-state index contributed by atoms with van der Waals surface area (Å²) >= 11 is 0. The highest BCUT2D eigenvalue weighted by molar-refractivity contribution is 7.90. The summed E-state index contributed by atoms with van der Waals surface area (Å²) in [6.07, 6.45) is 5.49. The summed E-state index contributed by atoms with van der Waals surface area (Å²) in [4.78, 5) is 178. The van der Waals surface area contributed by atoms with E-state index in [1.807, 2.05) is 53.7 Å². The quantitative estimate of drug-likeness (QED) is 0.140. The number of allylic oxidation sites excluding steroid dienone is 1. The lowest BCUT2D eigenvalue weighted by molar-refractivity contribution is -0.138. The third-order valence-electron chi connectivity index (χ3n) is 17.4. The number of nitrogens with one attached hydrogen (secondary N) is 4. The van der Waals surface area contributed by atoms with Gasteiger partial charge in [-0.05, 0) is 107 Å². The maximum Gasteiger partial charge on any atom is 0.269 e. The number of likely N-dealkylation sites (N-methyl/N-ethyl adjacent to an activating group) is 1. The number of fused-ring (bicyclic) bond motifs is 3. The van der Waals surface area contributed by atoms with E-state index in [1.165, 1.54) is 70.3 Å². The highest BCUT2D eigenvalue weighted by atomic mass is 32.2. The number of hydrogen-bond acceptors (Lipinski definition) is 22. The first-order valence-electron chi connectivity index (χ1n) is 33.9. The average Bonchev–Trinajstić information content (AvgIpc) is 1.59. The van der Waals surface area contributed by atoms with Gasteiger partial charge >= 0.3 is 0 Å². The summed E-state index contributed by atoms with van der Waals surface area (Å²) in [5, 5.41) is 9.10. The highest BCUT2D eigenvalue weighted by Gasteiger charge is 2.50. The van der Waals surface area contributed by atoms with Crippen molar-refractivity contribution in [2.24, 2.45) is 0 Å². The SMILES string of the molecule is C=C1CCC(n2cnc(C)cc2=O)C(=O)N1.CC.CC.CC.CN1CCN(c2ccc3c(c2)CN(C2CCC(=O)NC2=O)C3=O)CC1.Cc1cc(=O)n(C2CCC(=O)CC2=O)cn1.O=C1CCC(N2C(=O)c3ccccc3S2(=O)=O)C(=O)N1.O=C1CCC(N2C(=O)c3ccccc3S2(=O)=O)C(=O)N1. The number of benzene rings is 3. The number of aryl methyl sites for hydroxylation is 2. The molecular weight excluding hydrogens is 1370 g/mol. The fourth-order valence-electron chi connectivity index (χ4n) is 12.3. The molecule has 0 spiro atoms. The third-order valence-corrected chi connectivity index (χ3v) is 21.1. The van der Waals surface area contributed by atoms with Gasteiger partial charge in [0.25, 0.3) is 60.7 Å². The van der Waals surface area contributed by atoms with Crippen molar-refractivity contribution in [3.05, 3.63) is 158 Å². The van der Waals surface area contributed by atoms with E-state index in [4.69, 9.17) is 0 Å². The number of piperidine rings is 4. The lowest BCUT2D eigenvalue weighted by Crippen LogP contribution is -2.54. The number of sulfonamides is 2. The van der Waals surface area contributed by atoms with Crippen LogP contribution in [0.2, 0.25) is 0 Å². The molecule has 33 heteroatoms. The van der Waals surface area contributed by atoms with Crippen molar-refractivity contribution in [2.45, 2.75) is 173 Å². The van der Waals surface area contributed by atoms with Crippen LogP contribution in [0.15, 0.2) is 123 Å². The molecule has 10 amide bonds. The Hall–Kier alpha value is -10.5. The van der Waals surface area contributed by atoms with Crippen molar-refractivity contribution in [3.63, 3.8) is 0 Å². The first kappa shape index (κ1) is 79.8. The third kappa shape index (κ3) is 18.0. The molecule has 1 aliphatic carbocycles. The Morgan fingerprint density at radius 2 is 0.874 bits per heavy atom. The Kier molecular flexibility index (Phi) is 27.0. The Balaban J connectivity index is 0.000000178. The van der Waals surface area contributed by atoms with E-state index in [-0.39, 0.29) is 106 Å². The zero-order valence-corrected chi connectivity index (χ0v) is 60.4. The van der Waals surface area contributed by atoms with Crippen LogP contribution in [0, 0.1) is 13.8 Å². The molecule has 8 aliphatic heterocycles. The number of anilines is 1. The van der Waals surface area contributed by atoms with Gasteiger partial charge in [-0.1, -0.05) is 72.4 Å². The van der Waals surface area contributed by atoms with E-state index in [2.05, 4.69) is 60.7 Å². The number of carbonyl (C=O) groups excluding carboxylic acids is 12. The smallest absolute Gasteiger partial charge is 0.269 e. The molecule has 10 heterocycles. The van der Waals surface area contributed by atoms with Gasteiger partial charge in [0.1, 0.15) is 39.7 Å². The van der Waals surface area contributed by atoms with Gasteiger partial charge in [-0.15, -0.1) is 0 Å². The van der Waals surface area contributed by atoms with Crippen LogP contribution in [-0.4, -0.2) is 176 Å². The molecule has 6 fully saturated rings. The van der Waals surface area contributed by atoms with Gasteiger partial charge in [-0.2, -0.15) is 0 Å². The maximum atomic E-state index is 12.7. The molecule has 3 aromatic carbocycles. The predicted octanol–water partition coefficient (Wildman–Crippen LogP) is 3.48. The van der Waals surface area contributed by atoms with Gasteiger partial charge < -0.3 is 20.0 Å². The summed E-state index contributed by atoms with van der Waals surface area (Å²) in [6, 6.07) is 16.5. The second-order valence-electron chi connectivity index (χ2n) is 24.1. The molecule has 5 aromatic rings. The molecule has 5 unspecified atom stereocenters. The molecule has 5 saturated heterocycles. The van der Waals surface area contributed by atoms with E-state index in [0.29, 0.717) is 69.9 Å². The van der Waals surface area contributed by atoms with Crippen LogP contribution in [0.3, 0.4) is 0 Å². The van der Waals surface area contributed by atoms with Gasteiger partial charge in [0, 0.05) is 98.9 Å². The highest BCUT2D eigenvalue weighted by Crippen LogP contribution is 2.36. The summed E-state index contributed by atoms with van der Waals surface area (Å²) in [6.45, 7) is 23.6. The largest absolute Gasteiger partial charge is 0.369 e. The topological polar surface area (TPSA) is 407 Å². The van der Waals surface area contributed by atoms with Gasteiger partial charge in [-0.3, -0.25) is 92.2 Å². The van der Waals surface area contributed by atoms with Crippen LogP contribution < -0.4 is 37.3 Å². The van der Waals surface area contributed by atoms with Crippen molar-refractivity contribution < 1.29 is 74.4 Å². The monoisotopic (exact) mass is 1460 g/mol. The first-order valence-corrected chi connectivity index (χ1v) is 36.8. The molecule has 1 saturated carbocycles. The van der Waals surface area contributed by atoms with Crippen LogP contribution in [0.1, 0.15) is 172 Å². The Bertz CT molecular complexity index is 4320. The van der Waals surface area contributed by atoms with Crippen molar-refractivity contribution in [1.29, 1.82) is 0 Å². The number of imide groups is 3. The number of hydrogen-bond donors (Lipinski definition) is 4. The molecule has 2 aromatic heterocycles. The van der Waals surface area contributed by atoms with Gasteiger partial charge in [0.15, 0.2) is 5.78 Å². The molecule has 14 rings (SSSR count).